The lowest BCUT2D eigenvalue weighted by molar-refractivity contribution is 0.433. The lowest BCUT2D eigenvalue weighted by atomic mass is 10.1. The van der Waals surface area contributed by atoms with Gasteiger partial charge in [-0.3, -0.25) is 0 Å². The van der Waals surface area contributed by atoms with Gasteiger partial charge in [0.1, 0.15) is 0 Å². The van der Waals surface area contributed by atoms with Crippen molar-refractivity contribution in [2.75, 3.05) is 0 Å². The van der Waals surface area contributed by atoms with E-state index in [1.165, 1.54) is 4.68 Å². The van der Waals surface area contributed by atoms with Crippen LogP contribution in [0, 0.1) is 6.92 Å². The van der Waals surface area contributed by atoms with Crippen LogP contribution in [0.2, 0.25) is 0 Å². The van der Waals surface area contributed by atoms with E-state index in [4.69, 9.17) is 0 Å². The van der Waals surface area contributed by atoms with Crippen LogP contribution in [0.1, 0.15) is 5.56 Å². The van der Waals surface area contributed by atoms with Crippen LogP contribution in [-0.4, -0.2) is 19.9 Å². The zero-order valence-electron chi connectivity index (χ0n) is 10.8. The first-order chi connectivity index (χ1) is 9.65. The molecule has 0 spiro atoms. The molecule has 1 N–H and O–H groups in total. The summed E-state index contributed by atoms with van der Waals surface area (Å²) >= 11 is 3.39. The predicted molar refractivity (Wildman–Crippen MR) is 80.9 cm³/mol. The first-order valence-electron chi connectivity index (χ1n) is 6.11. The first kappa shape index (κ1) is 12.9. The first-order valence-corrected chi connectivity index (χ1v) is 6.90. The summed E-state index contributed by atoms with van der Waals surface area (Å²) in [7, 11) is 0. The number of aryl methyl sites for hydroxylation is 1. The third-order valence-corrected chi connectivity index (χ3v) is 3.54. The summed E-state index contributed by atoms with van der Waals surface area (Å²) in [6.07, 6.45) is 3.38. The number of aromatic hydroxyl groups is 1. The zero-order valence-corrected chi connectivity index (χ0v) is 12.4. The Morgan fingerprint density at radius 3 is 2.45 bits per heavy atom. The zero-order chi connectivity index (χ0) is 14.1. The molecule has 0 radical (unpaired) electrons. The summed E-state index contributed by atoms with van der Waals surface area (Å²) in [5.74, 6) is 0.681. The van der Waals surface area contributed by atoms with E-state index in [0.717, 1.165) is 15.6 Å². The number of hydrogen-bond acceptors (Lipinski definition) is 3. The van der Waals surface area contributed by atoms with Crippen molar-refractivity contribution in [2.45, 2.75) is 6.92 Å². The van der Waals surface area contributed by atoms with Crippen LogP contribution < -0.4 is 0 Å². The van der Waals surface area contributed by atoms with Crippen LogP contribution in [0.3, 0.4) is 0 Å². The average Bonchev–Trinajstić information content (AvgIpc) is 2.83. The molecule has 0 fully saturated rings. The Hall–Kier alpha value is -2.14. The smallest absolute Gasteiger partial charge is 0.223 e. The van der Waals surface area contributed by atoms with E-state index in [0.29, 0.717) is 11.4 Å². The van der Waals surface area contributed by atoms with Gasteiger partial charge >= 0.3 is 0 Å². The Morgan fingerprint density at radius 2 is 1.80 bits per heavy atom. The highest BCUT2D eigenvalue weighted by Gasteiger charge is 2.13. The lowest BCUT2D eigenvalue weighted by Gasteiger charge is -2.04. The Morgan fingerprint density at radius 1 is 1.05 bits per heavy atom. The van der Waals surface area contributed by atoms with Crippen LogP contribution >= 0.6 is 15.9 Å². The van der Waals surface area contributed by atoms with Gasteiger partial charge in [0.05, 0.1) is 11.8 Å². The number of nitrogens with zero attached hydrogens (tertiary/aromatic N) is 3. The Kier molecular flexibility index (Phi) is 3.28. The minimum atomic E-state index is 0.0867. The molecular formula is C15H12BrN3O. The number of benzene rings is 1. The highest BCUT2D eigenvalue weighted by Crippen LogP contribution is 2.31. The molecule has 0 atom stereocenters. The summed E-state index contributed by atoms with van der Waals surface area (Å²) in [6, 6.07) is 11.5. The summed E-state index contributed by atoms with van der Waals surface area (Å²) in [5.41, 5.74) is 2.65. The maximum Gasteiger partial charge on any atom is 0.223 e. The van der Waals surface area contributed by atoms with Gasteiger partial charge in [-0.15, -0.1) is 0 Å². The normalized spacial score (nSPS) is 10.7. The molecule has 0 unspecified atom stereocenters. The summed E-state index contributed by atoms with van der Waals surface area (Å²) in [5, 5.41) is 14.5. The van der Waals surface area contributed by atoms with Crippen molar-refractivity contribution < 1.29 is 5.11 Å². The van der Waals surface area contributed by atoms with Crippen LogP contribution in [0.25, 0.3) is 16.9 Å². The molecule has 0 saturated carbocycles. The largest absolute Gasteiger partial charge is 0.493 e. The quantitative estimate of drug-likeness (QED) is 0.779. The molecule has 2 heterocycles. The van der Waals surface area contributed by atoms with Gasteiger partial charge in [0, 0.05) is 10.7 Å². The second-order valence-electron chi connectivity index (χ2n) is 4.49. The molecule has 5 heteroatoms. The fourth-order valence-electron chi connectivity index (χ4n) is 1.93. The van der Waals surface area contributed by atoms with Gasteiger partial charge in [-0.1, -0.05) is 34.1 Å². The number of pyridine rings is 1. The minimum absolute atomic E-state index is 0.0867. The van der Waals surface area contributed by atoms with E-state index in [1.54, 1.807) is 12.4 Å². The predicted octanol–water partition coefficient (Wildman–Crippen LogP) is 3.71. The molecule has 0 aliphatic rings. The third-order valence-electron chi connectivity index (χ3n) is 3.01. The van der Waals surface area contributed by atoms with Crippen LogP contribution in [0.5, 0.6) is 5.88 Å². The monoisotopic (exact) mass is 329 g/mol. The lowest BCUT2D eigenvalue weighted by Crippen LogP contribution is -1.98. The van der Waals surface area contributed by atoms with Crippen LogP contribution in [0.4, 0.5) is 0 Å². The van der Waals surface area contributed by atoms with Gasteiger partial charge in [0.15, 0.2) is 5.82 Å². The Balaban J connectivity index is 2.04. The fourth-order valence-corrected chi connectivity index (χ4v) is 2.19. The molecule has 100 valence electrons. The summed E-state index contributed by atoms with van der Waals surface area (Å²) in [6.45, 7) is 1.97. The molecule has 0 bridgehead atoms. The Bertz CT molecular complexity index is 670. The van der Waals surface area contributed by atoms with Crippen molar-refractivity contribution in [2.24, 2.45) is 0 Å². The van der Waals surface area contributed by atoms with Crippen molar-refractivity contribution in [1.29, 1.82) is 0 Å². The van der Waals surface area contributed by atoms with Crippen molar-refractivity contribution in [1.82, 2.24) is 14.8 Å². The fraction of sp³-hybridized carbons (Fsp3) is 0.0667. The maximum atomic E-state index is 10.3. The molecule has 2 aromatic heterocycles. The summed E-state index contributed by atoms with van der Waals surface area (Å²) in [4.78, 5) is 4.26. The number of halogens is 1. The van der Waals surface area contributed by atoms with Crippen molar-refractivity contribution in [3.63, 3.8) is 0 Å². The minimum Gasteiger partial charge on any atom is -0.493 e. The maximum absolute atomic E-state index is 10.3. The molecule has 4 nitrogen and oxygen atoms in total. The SMILES string of the molecule is Cc1ccc(-n2ncc(-c3ccc(Br)cc3)c2O)nc1. The molecular weight excluding hydrogens is 318 g/mol. The van der Waals surface area contributed by atoms with E-state index in [2.05, 4.69) is 26.0 Å². The highest BCUT2D eigenvalue weighted by atomic mass is 79.9. The van der Waals surface area contributed by atoms with Crippen molar-refractivity contribution in [3.8, 4) is 22.8 Å². The molecule has 0 amide bonds. The standard InChI is InChI=1S/C15H12BrN3O/c1-10-2-7-14(17-8-10)19-15(20)13(9-18-19)11-3-5-12(16)6-4-11/h2-9,20H,1H3. The third kappa shape index (κ3) is 2.32. The van der Waals surface area contributed by atoms with Crippen molar-refractivity contribution in [3.05, 3.63) is 58.8 Å². The summed E-state index contributed by atoms with van der Waals surface area (Å²) < 4.78 is 2.42. The van der Waals surface area contributed by atoms with Gasteiger partial charge in [-0.25, -0.2) is 4.98 Å². The molecule has 0 aliphatic heterocycles. The second-order valence-corrected chi connectivity index (χ2v) is 5.41. The topological polar surface area (TPSA) is 50.9 Å². The molecule has 20 heavy (non-hydrogen) atoms. The van der Waals surface area contributed by atoms with Crippen molar-refractivity contribution >= 4 is 15.9 Å². The molecule has 0 saturated heterocycles. The molecule has 1 aromatic carbocycles. The van der Waals surface area contributed by atoms with Gasteiger partial charge in [-0.05, 0) is 36.2 Å². The van der Waals surface area contributed by atoms with E-state index in [9.17, 15) is 5.11 Å². The van der Waals surface area contributed by atoms with E-state index < -0.39 is 0 Å². The number of rotatable bonds is 2. The van der Waals surface area contributed by atoms with Crippen LogP contribution in [-0.2, 0) is 0 Å². The molecule has 0 aliphatic carbocycles. The highest BCUT2D eigenvalue weighted by molar-refractivity contribution is 9.10. The molecule has 3 rings (SSSR count). The van der Waals surface area contributed by atoms with E-state index in [1.807, 2.05) is 43.3 Å². The van der Waals surface area contributed by atoms with Gasteiger partial charge in [0.25, 0.3) is 0 Å². The van der Waals surface area contributed by atoms with Gasteiger partial charge < -0.3 is 5.11 Å². The van der Waals surface area contributed by atoms with Gasteiger partial charge in [0.2, 0.25) is 5.88 Å². The van der Waals surface area contributed by atoms with E-state index >= 15 is 0 Å². The van der Waals surface area contributed by atoms with Crippen LogP contribution in [0.15, 0.2) is 53.3 Å². The number of aromatic nitrogens is 3. The number of hydrogen-bond donors (Lipinski definition) is 1. The average molecular weight is 330 g/mol. The molecule has 3 aromatic rings. The Labute approximate surface area is 124 Å². The van der Waals surface area contributed by atoms with Gasteiger partial charge in [-0.2, -0.15) is 9.78 Å². The second kappa shape index (κ2) is 5.09. The van der Waals surface area contributed by atoms with E-state index in [-0.39, 0.29) is 5.88 Å².